The molecule has 106 valence electrons. The summed E-state index contributed by atoms with van der Waals surface area (Å²) in [5, 5.41) is 3.38. The molecule has 1 aliphatic carbocycles. The molecule has 3 unspecified atom stereocenters. The number of nitrogens with two attached hydrogens (primary N) is 1. The van der Waals surface area contributed by atoms with Gasteiger partial charge in [-0.1, -0.05) is 24.3 Å². The Balaban J connectivity index is 1.77. The van der Waals surface area contributed by atoms with E-state index in [4.69, 9.17) is 5.73 Å². The molecule has 1 aromatic carbocycles. The SMILES string of the molecule is CN1C(=O)CCC(NC2CC(N)c3ccccc32)C1=O. The lowest BCUT2D eigenvalue weighted by Crippen LogP contribution is -2.52. The summed E-state index contributed by atoms with van der Waals surface area (Å²) in [5.41, 5.74) is 8.46. The van der Waals surface area contributed by atoms with E-state index in [0.717, 1.165) is 12.0 Å². The average Bonchev–Trinajstić information content (AvgIpc) is 2.77. The molecule has 5 heteroatoms. The predicted molar refractivity (Wildman–Crippen MR) is 74.7 cm³/mol. The number of fused-ring (bicyclic) bond motifs is 1. The van der Waals surface area contributed by atoms with Crippen LogP contribution in [0, 0.1) is 0 Å². The third-order valence-electron chi connectivity index (χ3n) is 4.31. The number of hydrogen-bond donors (Lipinski definition) is 2. The topological polar surface area (TPSA) is 75.4 Å². The summed E-state index contributed by atoms with van der Waals surface area (Å²) in [7, 11) is 1.55. The average molecular weight is 273 g/mol. The van der Waals surface area contributed by atoms with Crippen molar-refractivity contribution >= 4 is 11.8 Å². The summed E-state index contributed by atoms with van der Waals surface area (Å²) in [6, 6.07) is 7.89. The van der Waals surface area contributed by atoms with Crippen LogP contribution in [0.15, 0.2) is 24.3 Å². The number of carbonyl (C=O) groups is 2. The summed E-state index contributed by atoms with van der Waals surface area (Å²) in [4.78, 5) is 24.8. The summed E-state index contributed by atoms with van der Waals surface area (Å²) < 4.78 is 0. The standard InChI is InChI=1S/C15H19N3O2/c1-18-14(19)7-6-12(15(18)20)17-13-8-11(16)9-4-2-3-5-10(9)13/h2-5,11-13,17H,6-8,16H2,1H3. The highest BCUT2D eigenvalue weighted by Gasteiger charge is 2.36. The highest BCUT2D eigenvalue weighted by atomic mass is 16.2. The largest absolute Gasteiger partial charge is 0.324 e. The molecule has 0 bridgehead atoms. The summed E-state index contributed by atoms with van der Waals surface area (Å²) in [6.07, 6.45) is 1.77. The number of likely N-dealkylation sites (tertiary alicyclic amines) is 1. The number of imide groups is 1. The highest BCUT2D eigenvalue weighted by molar-refractivity contribution is 6.00. The summed E-state index contributed by atoms with van der Waals surface area (Å²) in [6.45, 7) is 0. The van der Waals surface area contributed by atoms with Crippen LogP contribution >= 0.6 is 0 Å². The zero-order chi connectivity index (χ0) is 14.3. The summed E-state index contributed by atoms with van der Waals surface area (Å²) in [5.74, 6) is -0.240. The molecule has 1 heterocycles. The lowest BCUT2D eigenvalue weighted by atomic mass is 10.0. The van der Waals surface area contributed by atoms with E-state index in [0.29, 0.717) is 12.8 Å². The van der Waals surface area contributed by atoms with Crippen molar-refractivity contribution in [1.82, 2.24) is 10.2 Å². The van der Waals surface area contributed by atoms with Crippen molar-refractivity contribution in [3.05, 3.63) is 35.4 Å². The molecule has 1 fully saturated rings. The normalized spacial score (nSPS) is 29.7. The van der Waals surface area contributed by atoms with Crippen molar-refractivity contribution in [2.75, 3.05) is 7.05 Å². The fraction of sp³-hybridized carbons (Fsp3) is 0.467. The van der Waals surface area contributed by atoms with Crippen molar-refractivity contribution in [2.24, 2.45) is 5.73 Å². The van der Waals surface area contributed by atoms with E-state index in [1.54, 1.807) is 7.05 Å². The lowest BCUT2D eigenvalue weighted by molar-refractivity contribution is -0.148. The number of amides is 2. The number of benzene rings is 1. The zero-order valence-electron chi connectivity index (χ0n) is 11.5. The monoisotopic (exact) mass is 273 g/mol. The van der Waals surface area contributed by atoms with Crippen LogP contribution in [0.5, 0.6) is 0 Å². The van der Waals surface area contributed by atoms with E-state index in [1.807, 2.05) is 18.2 Å². The van der Waals surface area contributed by atoms with E-state index < -0.39 is 0 Å². The lowest BCUT2D eigenvalue weighted by Gasteiger charge is -2.30. The van der Waals surface area contributed by atoms with Gasteiger partial charge in [-0.3, -0.25) is 19.8 Å². The Bertz CT molecular complexity index is 558. The number of nitrogens with one attached hydrogen (secondary N) is 1. The first-order valence-corrected chi connectivity index (χ1v) is 6.99. The molecule has 20 heavy (non-hydrogen) atoms. The molecular formula is C15H19N3O2. The molecule has 1 aromatic rings. The first-order valence-electron chi connectivity index (χ1n) is 6.99. The van der Waals surface area contributed by atoms with Crippen molar-refractivity contribution < 1.29 is 9.59 Å². The molecule has 0 aromatic heterocycles. The molecule has 0 spiro atoms. The number of piperidine rings is 1. The van der Waals surface area contributed by atoms with Crippen LogP contribution in [0.4, 0.5) is 0 Å². The molecule has 3 N–H and O–H groups in total. The minimum atomic E-state index is -0.291. The van der Waals surface area contributed by atoms with Crippen LogP contribution < -0.4 is 11.1 Å². The molecule has 1 aliphatic heterocycles. The van der Waals surface area contributed by atoms with Gasteiger partial charge in [0.2, 0.25) is 11.8 Å². The Morgan fingerprint density at radius 3 is 2.65 bits per heavy atom. The molecule has 5 nitrogen and oxygen atoms in total. The number of likely N-dealkylation sites (N-methyl/N-ethyl adjacent to an activating group) is 1. The smallest absolute Gasteiger partial charge is 0.246 e. The first-order chi connectivity index (χ1) is 9.58. The third-order valence-corrected chi connectivity index (χ3v) is 4.31. The zero-order valence-corrected chi connectivity index (χ0v) is 11.5. The van der Waals surface area contributed by atoms with Crippen LogP contribution in [0.1, 0.15) is 42.5 Å². The minimum Gasteiger partial charge on any atom is -0.324 e. The van der Waals surface area contributed by atoms with E-state index in [2.05, 4.69) is 11.4 Å². The van der Waals surface area contributed by atoms with Crippen LogP contribution in [0.3, 0.4) is 0 Å². The van der Waals surface area contributed by atoms with Crippen LogP contribution in [-0.2, 0) is 9.59 Å². The molecule has 3 rings (SSSR count). The van der Waals surface area contributed by atoms with Gasteiger partial charge in [0.15, 0.2) is 0 Å². The second-order valence-corrected chi connectivity index (χ2v) is 5.57. The van der Waals surface area contributed by atoms with Gasteiger partial charge in [0, 0.05) is 25.6 Å². The maximum absolute atomic E-state index is 12.1. The Kier molecular flexibility index (Phi) is 3.31. The second kappa shape index (κ2) is 5.00. The highest BCUT2D eigenvalue weighted by Crippen LogP contribution is 2.37. The van der Waals surface area contributed by atoms with Crippen LogP contribution in [0.2, 0.25) is 0 Å². The van der Waals surface area contributed by atoms with E-state index in [1.165, 1.54) is 10.5 Å². The Morgan fingerprint density at radius 2 is 1.90 bits per heavy atom. The second-order valence-electron chi connectivity index (χ2n) is 5.57. The van der Waals surface area contributed by atoms with Crippen LogP contribution in [0.25, 0.3) is 0 Å². The van der Waals surface area contributed by atoms with E-state index in [9.17, 15) is 9.59 Å². The maximum atomic E-state index is 12.1. The number of carbonyl (C=O) groups excluding carboxylic acids is 2. The molecular weight excluding hydrogens is 254 g/mol. The van der Waals surface area contributed by atoms with Gasteiger partial charge in [-0.15, -0.1) is 0 Å². The number of nitrogens with zero attached hydrogens (tertiary/aromatic N) is 1. The van der Waals surface area contributed by atoms with Gasteiger partial charge in [-0.05, 0) is 24.0 Å². The van der Waals surface area contributed by atoms with Gasteiger partial charge >= 0.3 is 0 Å². The fourth-order valence-corrected chi connectivity index (χ4v) is 3.14. The van der Waals surface area contributed by atoms with Crippen LogP contribution in [-0.4, -0.2) is 29.8 Å². The van der Waals surface area contributed by atoms with Gasteiger partial charge in [0.1, 0.15) is 0 Å². The predicted octanol–water partition coefficient (Wildman–Crippen LogP) is 0.868. The first kappa shape index (κ1) is 13.3. The van der Waals surface area contributed by atoms with Crippen molar-refractivity contribution in [2.45, 2.75) is 37.4 Å². The molecule has 0 saturated carbocycles. The van der Waals surface area contributed by atoms with Gasteiger partial charge in [-0.25, -0.2) is 0 Å². The molecule has 1 saturated heterocycles. The fourth-order valence-electron chi connectivity index (χ4n) is 3.14. The molecule has 2 aliphatic rings. The molecule has 3 atom stereocenters. The Hall–Kier alpha value is -1.72. The summed E-state index contributed by atoms with van der Waals surface area (Å²) >= 11 is 0. The molecule has 0 radical (unpaired) electrons. The quantitative estimate of drug-likeness (QED) is 0.784. The molecule has 2 amide bonds. The number of rotatable bonds is 2. The van der Waals surface area contributed by atoms with E-state index >= 15 is 0 Å². The minimum absolute atomic E-state index is 0.0155. The Labute approximate surface area is 118 Å². The van der Waals surface area contributed by atoms with E-state index in [-0.39, 0.29) is 29.9 Å². The van der Waals surface area contributed by atoms with Crippen molar-refractivity contribution in [3.63, 3.8) is 0 Å². The van der Waals surface area contributed by atoms with Gasteiger partial charge in [0.05, 0.1) is 6.04 Å². The third kappa shape index (κ3) is 2.13. The van der Waals surface area contributed by atoms with Crippen molar-refractivity contribution in [1.29, 1.82) is 0 Å². The number of hydrogen-bond acceptors (Lipinski definition) is 4. The maximum Gasteiger partial charge on any atom is 0.246 e. The van der Waals surface area contributed by atoms with Crippen molar-refractivity contribution in [3.8, 4) is 0 Å². The van der Waals surface area contributed by atoms with Gasteiger partial charge in [0.25, 0.3) is 0 Å². The van der Waals surface area contributed by atoms with Gasteiger partial charge < -0.3 is 5.73 Å². The Morgan fingerprint density at radius 1 is 1.20 bits per heavy atom. The van der Waals surface area contributed by atoms with Gasteiger partial charge in [-0.2, -0.15) is 0 Å².